The Morgan fingerprint density at radius 2 is 2.10 bits per heavy atom. The maximum atomic E-state index is 12.2. The van der Waals surface area contributed by atoms with Crippen LogP contribution in [0.1, 0.15) is 41.8 Å². The van der Waals surface area contributed by atoms with E-state index in [9.17, 15) is 14.7 Å². The van der Waals surface area contributed by atoms with Gasteiger partial charge in [-0.25, -0.2) is 4.79 Å². The van der Waals surface area contributed by atoms with Crippen molar-refractivity contribution in [3.63, 3.8) is 0 Å². The number of amides is 1. The van der Waals surface area contributed by atoms with E-state index in [-0.39, 0.29) is 5.91 Å². The lowest BCUT2D eigenvalue weighted by atomic mass is 9.93. The van der Waals surface area contributed by atoms with Crippen molar-refractivity contribution in [1.29, 1.82) is 0 Å². The maximum Gasteiger partial charge on any atom is 0.335 e. The van der Waals surface area contributed by atoms with Gasteiger partial charge >= 0.3 is 5.97 Å². The molecule has 2 rings (SSSR count). The highest BCUT2D eigenvalue weighted by molar-refractivity contribution is 5.90. The first-order valence-electron chi connectivity index (χ1n) is 6.68. The van der Waals surface area contributed by atoms with Crippen LogP contribution in [0.15, 0.2) is 18.2 Å². The topological polar surface area (TPSA) is 83.6 Å². The first-order valence-corrected chi connectivity index (χ1v) is 6.68. The Balaban J connectivity index is 2.18. The highest BCUT2D eigenvalue weighted by atomic mass is 16.4. The Kier molecular flexibility index (Phi) is 3.81. The predicted molar refractivity (Wildman–Crippen MR) is 75.4 cm³/mol. The second kappa shape index (κ2) is 5.25. The summed E-state index contributed by atoms with van der Waals surface area (Å²) in [7, 11) is 0. The van der Waals surface area contributed by atoms with E-state index in [1.165, 1.54) is 0 Å². The number of carbonyl (C=O) groups excluding carboxylic acids is 1. The number of carboxylic acids is 1. The zero-order chi connectivity index (χ0) is 14.9. The van der Waals surface area contributed by atoms with Crippen LogP contribution in [0.3, 0.4) is 0 Å². The minimum absolute atomic E-state index is 0.0175. The fourth-order valence-corrected chi connectivity index (χ4v) is 2.52. The van der Waals surface area contributed by atoms with Crippen LogP contribution in [0.2, 0.25) is 0 Å². The molecule has 0 radical (unpaired) electrons. The van der Waals surface area contributed by atoms with E-state index in [2.05, 4.69) is 0 Å². The molecule has 0 bridgehead atoms. The van der Waals surface area contributed by atoms with E-state index >= 15 is 0 Å². The van der Waals surface area contributed by atoms with E-state index < -0.39 is 11.5 Å². The largest absolute Gasteiger partial charge is 0.478 e. The van der Waals surface area contributed by atoms with Gasteiger partial charge in [0.2, 0.25) is 5.91 Å². The summed E-state index contributed by atoms with van der Waals surface area (Å²) in [6.45, 7) is 4.66. The molecule has 1 aromatic carbocycles. The number of hydrogen-bond acceptors (Lipinski definition) is 3. The fraction of sp³-hybridized carbons (Fsp3) is 0.467. The van der Waals surface area contributed by atoms with Crippen LogP contribution in [0.5, 0.6) is 0 Å². The molecular formula is C15H20N2O3. The molecule has 0 saturated carbocycles. The second-order valence-corrected chi connectivity index (χ2v) is 5.98. The summed E-state index contributed by atoms with van der Waals surface area (Å²) in [5.41, 5.74) is 7.45. The average molecular weight is 276 g/mol. The number of fused-ring (bicyclic) bond motifs is 1. The van der Waals surface area contributed by atoms with Crippen molar-refractivity contribution in [2.24, 2.45) is 5.73 Å². The van der Waals surface area contributed by atoms with Gasteiger partial charge in [0, 0.05) is 25.0 Å². The Labute approximate surface area is 118 Å². The van der Waals surface area contributed by atoms with Crippen molar-refractivity contribution in [3.05, 3.63) is 34.9 Å². The molecule has 0 aromatic heterocycles. The van der Waals surface area contributed by atoms with Crippen molar-refractivity contribution in [2.45, 2.75) is 38.8 Å². The lowest BCUT2D eigenvalue weighted by molar-refractivity contribution is -0.133. The molecule has 3 N–H and O–H groups in total. The molecule has 1 amide bonds. The number of nitrogens with zero attached hydrogens (tertiary/aromatic N) is 1. The Hall–Kier alpha value is -1.88. The fourth-order valence-electron chi connectivity index (χ4n) is 2.52. The summed E-state index contributed by atoms with van der Waals surface area (Å²) in [6.07, 6.45) is 0.871. The van der Waals surface area contributed by atoms with Crippen molar-refractivity contribution < 1.29 is 14.7 Å². The summed E-state index contributed by atoms with van der Waals surface area (Å²) < 4.78 is 0. The first-order chi connectivity index (χ1) is 9.28. The number of benzene rings is 1. The number of hydrogen-bond donors (Lipinski definition) is 2. The van der Waals surface area contributed by atoms with Gasteiger partial charge < -0.3 is 15.7 Å². The molecule has 0 saturated heterocycles. The molecule has 20 heavy (non-hydrogen) atoms. The molecule has 1 aromatic rings. The molecule has 1 aliphatic rings. The van der Waals surface area contributed by atoms with E-state index in [4.69, 9.17) is 5.73 Å². The summed E-state index contributed by atoms with van der Waals surface area (Å²) in [6, 6.07) is 5.22. The van der Waals surface area contributed by atoms with Gasteiger partial charge in [0.25, 0.3) is 0 Å². The summed E-state index contributed by atoms with van der Waals surface area (Å²) in [4.78, 5) is 25.1. The van der Waals surface area contributed by atoms with Gasteiger partial charge in [-0.15, -0.1) is 0 Å². The average Bonchev–Trinajstić information content (AvgIpc) is 2.35. The van der Waals surface area contributed by atoms with E-state index in [1.807, 2.05) is 19.9 Å². The Morgan fingerprint density at radius 1 is 1.40 bits per heavy atom. The van der Waals surface area contributed by atoms with Gasteiger partial charge in [-0.05, 0) is 37.5 Å². The predicted octanol–water partition coefficient (Wildman–Crippen LogP) is 1.40. The summed E-state index contributed by atoms with van der Waals surface area (Å²) >= 11 is 0. The monoisotopic (exact) mass is 276 g/mol. The molecular weight excluding hydrogens is 256 g/mol. The zero-order valence-corrected chi connectivity index (χ0v) is 11.8. The SMILES string of the molecule is CC(C)(N)CC(=O)N1CCc2c(cccc2C(=O)O)C1. The lowest BCUT2D eigenvalue weighted by Crippen LogP contribution is -2.43. The minimum Gasteiger partial charge on any atom is -0.478 e. The van der Waals surface area contributed by atoms with Crippen LogP contribution in [0, 0.1) is 0 Å². The number of aromatic carboxylic acids is 1. The number of carboxylic acid groups (broad SMARTS) is 1. The third-order valence-corrected chi connectivity index (χ3v) is 3.46. The maximum absolute atomic E-state index is 12.2. The minimum atomic E-state index is -0.912. The van der Waals surface area contributed by atoms with Gasteiger partial charge in [0.15, 0.2) is 0 Å². The molecule has 0 atom stereocenters. The Bertz CT molecular complexity index is 547. The van der Waals surface area contributed by atoms with Gasteiger partial charge in [-0.2, -0.15) is 0 Å². The molecule has 1 aliphatic heterocycles. The van der Waals surface area contributed by atoms with Crippen molar-refractivity contribution in [2.75, 3.05) is 6.54 Å². The lowest BCUT2D eigenvalue weighted by Gasteiger charge is -2.31. The molecule has 0 spiro atoms. The van der Waals surface area contributed by atoms with Crippen LogP contribution < -0.4 is 5.73 Å². The van der Waals surface area contributed by atoms with Crippen molar-refractivity contribution in [1.82, 2.24) is 4.90 Å². The van der Waals surface area contributed by atoms with Crippen molar-refractivity contribution >= 4 is 11.9 Å². The molecule has 1 heterocycles. The molecule has 108 valence electrons. The third kappa shape index (κ3) is 3.17. The first kappa shape index (κ1) is 14.5. The van der Waals surface area contributed by atoms with Gasteiger partial charge in [0.1, 0.15) is 0 Å². The molecule has 5 heteroatoms. The normalized spacial score (nSPS) is 14.8. The third-order valence-electron chi connectivity index (χ3n) is 3.46. The van der Waals surface area contributed by atoms with Crippen LogP contribution in [0.4, 0.5) is 0 Å². The molecule has 0 aliphatic carbocycles. The zero-order valence-electron chi connectivity index (χ0n) is 11.8. The van der Waals surface area contributed by atoms with Crippen molar-refractivity contribution in [3.8, 4) is 0 Å². The van der Waals surface area contributed by atoms with Crippen LogP contribution in [-0.4, -0.2) is 34.0 Å². The number of rotatable bonds is 3. The molecule has 5 nitrogen and oxygen atoms in total. The molecule has 0 fully saturated rings. The Morgan fingerprint density at radius 3 is 2.70 bits per heavy atom. The van der Waals surface area contributed by atoms with E-state index in [0.717, 1.165) is 11.1 Å². The number of carbonyl (C=O) groups is 2. The van der Waals surface area contributed by atoms with Gasteiger partial charge in [0.05, 0.1) is 5.56 Å². The highest BCUT2D eigenvalue weighted by Gasteiger charge is 2.26. The number of nitrogens with two attached hydrogens (primary N) is 1. The second-order valence-electron chi connectivity index (χ2n) is 5.98. The standard InChI is InChI=1S/C15H20N2O3/c1-15(2,16)8-13(18)17-7-6-11-10(9-17)4-3-5-12(11)14(19)20/h3-5H,6-9,16H2,1-2H3,(H,19,20). The van der Waals surface area contributed by atoms with E-state index in [0.29, 0.717) is 31.5 Å². The van der Waals surface area contributed by atoms with Crippen LogP contribution in [-0.2, 0) is 17.8 Å². The summed E-state index contributed by atoms with van der Waals surface area (Å²) in [5.74, 6) is -0.895. The van der Waals surface area contributed by atoms with Crippen LogP contribution >= 0.6 is 0 Å². The molecule has 0 unspecified atom stereocenters. The highest BCUT2D eigenvalue weighted by Crippen LogP contribution is 2.23. The van der Waals surface area contributed by atoms with Crippen LogP contribution in [0.25, 0.3) is 0 Å². The van der Waals surface area contributed by atoms with Gasteiger partial charge in [-0.3, -0.25) is 4.79 Å². The van der Waals surface area contributed by atoms with Gasteiger partial charge in [-0.1, -0.05) is 12.1 Å². The summed E-state index contributed by atoms with van der Waals surface area (Å²) in [5, 5.41) is 9.17. The van der Waals surface area contributed by atoms with E-state index in [1.54, 1.807) is 17.0 Å². The smallest absolute Gasteiger partial charge is 0.335 e. The quantitative estimate of drug-likeness (QED) is 0.874.